The van der Waals surface area contributed by atoms with Gasteiger partial charge in [-0.1, -0.05) is 6.92 Å². The van der Waals surface area contributed by atoms with Crippen molar-refractivity contribution in [2.45, 2.75) is 45.8 Å². The highest BCUT2D eigenvalue weighted by molar-refractivity contribution is 5.19. The Labute approximate surface area is 128 Å². The van der Waals surface area contributed by atoms with E-state index in [4.69, 9.17) is 0 Å². The van der Waals surface area contributed by atoms with Gasteiger partial charge in [0.25, 0.3) is 0 Å². The van der Waals surface area contributed by atoms with E-state index in [9.17, 15) is 5.11 Å². The van der Waals surface area contributed by atoms with E-state index in [1.54, 1.807) is 0 Å². The molecule has 0 spiro atoms. The molecule has 2 N–H and O–H groups in total. The van der Waals surface area contributed by atoms with Crippen molar-refractivity contribution in [3.05, 3.63) is 17.5 Å². The maximum absolute atomic E-state index is 10.2. The molecule has 21 heavy (non-hydrogen) atoms. The zero-order valence-corrected chi connectivity index (χ0v) is 13.8. The SMILES string of the molecule is Cc1c(C(C)NCC(O)CN2CCC(C)CC2)cnn1C. The summed E-state index contributed by atoms with van der Waals surface area (Å²) < 4.78 is 1.89. The number of nitrogens with zero attached hydrogens (tertiary/aromatic N) is 3. The average Bonchev–Trinajstić information content (AvgIpc) is 2.79. The van der Waals surface area contributed by atoms with Crippen molar-refractivity contribution in [1.29, 1.82) is 0 Å². The van der Waals surface area contributed by atoms with E-state index in [0.29, 0.717) is 6.54 Å². The van der Waals surface area contributed by atoms with Crippen molar-refractivity contribution in [3.8, 4) is 0 Å². The summed E-state index contributed by atoms with van der Waals surface area (Å²) in [4.78, 5) is 2.38. The first-order valence-electron chi connectivity index (χ1n) is 8.09. The number of hydrogen-bond donors (Lipinski definition) is 2. The number of aliphatic hydroxyl groups is 1. The summed E-state index contributed by atoms with van der Waals surface area (Å²) >= 11 is 0. The summed E-state index contributed by atoms with van der Waals surface area (Å²) in [5.41, 5.74) is 2.38. The fraction of sp³-hybridized carbons (Fsp3) is 0.812. The van der Waals surface area contributed by atoms with Crippen molar-refractivity contribution >= 4 is 0 Å². The summed E-state index contributed by atoms with van der Waals surface area (Å²) in [6.07, 6.45) is 4.11. The Kier molecular flexibility index (Phi) is 5.79. The number of aryl methyl sites for hydroxylation is 1. The molecule has 120 valence electrons. The van der Waals surface area contributed by atoms with Gasteiger partial charge in [0.15, 0.2) is 0 Å². The number of nitrogens with one attached hydrogen (secondary N) is 1. The first-order chi connectivity index (χ1) is 9.97. The number of aromatic nitrogens is 2. The number of piperidine rings is 1. The molecule has 2 rings (SSSR count). The lowest BCUT2D eigenvalue weighted by Crippen LogP contribution is -2.42. The van der Waals surface area contributed by atoms with Crippen LogP contribution in [-0.2, 0) is 7.05 Å². The van der Waals surface area contributed by atoms with Crippen LogP contribution in [0.2, 0.25) is 0 Å². The molecular formula is C16H30N4O. The monoisotopic (exact) mass is 294 g/mol. The first-order valence-corrected chi connectivity index (χ1v) is 8.09. The minimum absolute atomic E-state index is 0.217. The van der Waals surface area contributed by atoms with Crippen LogP contribution in [0, 0.1) is 12.8 Å². The van der Waals surface area contributed by atoms with E-state index in [1.807, 2.05) is 17.9 Å². The normalized spacial score (nSPS) is 20.6. The first kappa shape index (κ1) is 16.5. The molecule has 2 unspecified atom stereocenters. The molecule has 0 bridgehead atoms. The third-order valence-corrected chi connectivity index (χ3v) is 4.74. The van der Waals surface area contributed by atoms with E-state index < -0.39 is 0 Å². The van der Waals surface area contributed by atoms with Crippen LogP contribution in [-0.4, -0.2) is 52.1 Å². The summed E-state index contributed by atoms with van der Waals surface area (Å²) in [5, 5.41) is 17.9. The minimum atomic E-state index is -0.308. The lowest BCUT2D eigenvalue weighted by atomic mass is 9.99. The van der Waals surface area contributed by atoms with Gasteiger partial charge in [-0.15, -0.1) is 0 Å². The van der Waals surface area contributed by atoms with Gasteiger partial charge in [-0.05, 0) is 45.7 Å². The predicted molar refractivity (Wildman–Crippen MR) is 85.2 cm³/mol. The minimum Gasteiger partial charge on any atom is -0.390 e. The van der Waals surface area contributed by atoms with E-state index in [0.717, 1.165) is 25.6 Å². The van der Waals surface area contributed by atoms with Crippen LogP contribution in [0.25, 0.3) is 0 Å². The number of aliphatic hydroxyl groups excluding tert-OH is 1. The zero-order valence-electron chi connectivity index (χ0n) is 13.8. The lowest BCUT2D eigenvalue weighted by Gasteiger charge is -2.32. The Balaban J connectivity index is 1.73. The van der Waals surface area contributed by atoms with Crippen molar-refractivity contribution < 1.29 is 5.11 Å². The maximum Gasteiger partial charge on any atom is 0.0791 e. The van der Waals surface area contributed by atoms with Crippen LogP contribution in [0.5, 0.6) is 0 Å². The molecular weight excluding hydrogens is 264 g/mol. The van der Waals surface area contributed by atoms with Crippen LogP contribution in [0.1, 0.15) is 44.0 Å². The van der Waals surface area contributed by atoms with Gasteiger partial charge in [0, 0.05) is 37.4 Å². The maximum atomic E-state index is 10.2. The molecule has 0 saturated carbocycles. The second-order valence-corrected chi connectivity index (χ2v) is 6.58. The number of hydrogen-bond acceptors (Lipinski definition) is 4. The molecule has 0 amide bonds. The van der Waals surface area contributed by atoms with Gasteiger partial charge in [-0.25, -0.2) is 0 Å². The van der Waals surface area contributed by atoms with Crippen molar-refractivity contribution in [2.24, 2.45) is 13.0 Å². The highest BCUT2D eigenvalue weighted by atomic mass is 16.3. The Hall–Kier alpha value is -0.910. The van der Waals surface area contributed by atoms with Gasteiger partial charge in [0.05, 0.1) is 12.3 Å². The van der Waals surface area contributed by atoms with E-state index in [1.165, 1.54) is 24.1 Å². The Bertz CT molecular complexity index is 437. The van der Waals surface area contributed by atoms with Gasteiger partial charge < -0.3 is 15.3 Å². The quantitative estimate of drug-likeness (QED) is 0.834. The van der Waals surface area contributed by atoms with Crippen LogP contribution in [0.4, 0.5) is 0 Å². The van der Waals surface area contributed by atoms with Crippen LogP contribution >= 0.6 is 0 Å². The van der Waals surface area contributed by atoms with Crippen LogP contribution in [0.15, 0.2) is 6.20 Å². The molecule has 1 aromatic heterocycles. The van der Waals surface area contributed by atoms with Gasteiger partial charge >= 0.3 is 0 Å². The van der Waals surface area contributed by atoms with E-state index in [-0.39, 0.29) is 12.1 Å². The molecule has 2 heterocycles. The zero-order chi connectivity index (χ0) is 15.4. The standard InChI is InChI=1S/C16H30N4O/c1-12-5-7-20(8-6-12)11-15(21)9-17-13(2)16-10-18-19(4)14(16)3/h10,12-13,15,17,21H,5-9,11H2,1-4H3. The van der Waals surface area contributed by atoms with Gasteiger partial charge in [0.1, 0.15) is 0 Å². The largest absolute Gasteiger partial charge is 0.390 e. The Morgan fingerprint density at radius 2 is 2.10 bits per heavy atom. The second kappa shape index (κ2) is 7.38. The fourth-order valence-electron chi connectivity index (χ4n) is 2.97. The van der Waals surface area contributed by atoms with Crippen LogP contribution < -0.4 is 5.32 Å². The Morgan fingerprint density at radius 3 is 2.67 bits per heavy atom. The molecule has 1 aliphatic rings. The van der Waals surface area contributed by atoms with Crippen molar-refractivity contribution in [2.75, 3.05) is 26.2 Å². The van der Waals surface area contributed by atoms with Crippen molar-refractivity contribution in [3.63, 3.8) is 0 Å². The lowest BCUT2D eigenvalue weighted by molar-refractivity contribution is 0.0892. The molecule has 2 atom stereocenters. The smallest absolute Gasteiger partial charge is 0.0791 e. The van der Waals surface area contributed by atoms with E-state index in [2.05, 4.69) is 36.1 Å². The molecule has 1 aliphatic heterocycles. The highest BCUT2D eigenvalue weighted by Crippen LogP contribution is 2.17. The highest BCUT2D eigenvalue weighted by Gasteiger charge is 2.19. The van der Waals surface area contributed by atoms with Crippen LogP contribution in [0.3, 0.4) is 0 Å². The topological polar surface area (TPSA) is 53.3 Å². The summed E-state index contributed by atoms with van der Waals surface area (Å²) in [6, 6.07) is 0.217. The van der Waals surface area contributed by atoms with Gasteiger partial charge in [-0.2, -0.15) is 5.10 Å². The molecule has 5 heteroatoms. The summed E-state index contributed by atoms with van der Waals surface area (Å²) in [5.74, 6) is 0.838. The molecule has 0 aromatic carbocycles. The fourth-order valence-corrected chi connectivity index (χ4v) is 2.97. The molecule has 0 aliphatic carbocycles. The molecule has 1 saturated heterocycles. The molecule has 5 nitrogen and oxygen atoms in total. The number of likely N-dealkylation sites (tertiary alicyclic amines) is 1. The molecule has 1 aromatic rings. The predicted octanol–water partition coefficient (Wildman–Crippen LogP) is 1.47. The Morgan fingerprint density at radius 1 is 1.43 bits per heavy atom. The van der Waals surface area contributed by atoms with Gasteiger partial charge in [-0.3, -0.25) is 4.68 Å². The van der Waals surface area contributed by atoms with Gasteiger partial charge in [0.2, 0.25) is 0 Å². The van der Waals surface area contributed by atoms with E-state index >= 15 is 0 Å². The third kappa shape index (κ3) is 4.53. The van der Waals surface area contributed by atoms with Crippen molar-refractivity contribution in [1.82, 2.24) is 20.0 Å². The molecule has 0 radical (unpaired) electrons. The third-order valence-electron chi connectivity index (χ3n) is 4.74. The number of β-amino-alcohol motifs (C(OH)–C–C–N with tert-alkyl or cyclic N) is 1. The summed E-state index contributed by atoms with van der Waals surface area (Å²) in [7, 11) is 1.96. The summed E-state index contributed by atoms with van der Waals surface area (Å²) in [6.45, 7) is 10.2. The average molecular weight is 294 g/mol. The molecule has 1 fully saturated rings. The second-order valence-electron chi connectivity index (χ2n) is 6.58. The number of rotatable bonds is 6.